The lowest BCUT2D eigenvalue weighted by Gasteiger charge is -2.36. The van der Waals surface area contributed by atoms with E-state index in [0.29, 0.717) is 25.8 Å². The van der Waals surface area contributed by atoms with Crippen LogP contribution in [0.15, 0.2) is 0 Å². The van der Waals surface area contributed by atoms with Crippen molar-refractivity contribution in [3.05, 3.63) is 0 Å². The molecule has 0 saturated carbocycles. The second kappa shape index (κ2) is 6.54. The van der Waals surface area contributed by atoms with Crippen molar-refractivity contribution in [2.24, 2.45) is 0 Å². The summed E-state index contributed by atoms with van der Waals surface area (Å²) in [5.41, 5.74) is -0.714. The molecule has 0 aliphatic carbocycles. The molecule has 0 aromatic rings. The predicted octanol–water partition coefficient (Wildman–Crippen LogP) is -0.118. The average molecular weight is 283 g/mol. The van der Waals surface area contributed by atoms with Crippen LogP contribution in [0.5, 0.6) is 0 Å². The van der Waals surface area contributed by atoms with Crippen molar-refractivity contribution in [3.8, 4) is 0 Å². The number of nitrogens with one attached hydrogen (secondary N) is 2. The number of likely N-dealkylation sites (tertiary alicyclic amines) is 1. The highest BCUT2D eigenvalue weighted by molar-refractivity contribution is 5.85. The Morgan fingerprint density at radius 2 is 2.20 bits per heavy atom. The lowest BCUT2D eigenvalue weighted by Crippen LogP contribution is -2.57. The number of hydrogen-bond donors (Lipinski definition) is 2. The molecule has 6 nitrogen and oxygen atoms in total. The minimum Gasteiger partial charge on any atom is -0.368 e. The number of nitrogens with zero attached hydrogens (tertiary/aromatic N) is 1. The van der Waals surface area contributed by atoms with E-state index < -0.39 is 5.60 Å². The van der Waals surface area contributed by atoms with Gasteiger partial charge in [0.15, 0.2) is 0 Å². The maximum Gasteiger partial charge on any atom is 0.252 e. The number of piperidine rings is 1. The summed E-state index contributed by atoms with van der Waals surface area (Å²) in [6.45, 7) is 4.91. The summed E-state index contributed by atoms with van der Waals surface area (Å²) in [5, 5.41) is 6.24. The molecule has 1 atom stereocenters. The Morgan fingerprint density at radius 3 is 2.75 bits per heavy atom. The Labute approximate surface area is 120 Å². The molecule has 0 bridgehead atoms. The van der Waals surface area contributed by atoms with E-state index in [1.807, 2.05) is 11.8 Å². The fourth-order valence-electron chi connectivity index (χ4n) is 2.98. The van der Waals surface area contributed by atoms with Gasteiger partial charge in [0.1, 0.15) is 5.60 Å². The van der Waals surface area contributed by atoms with Crippen LogP contribution in [-0.2, 0) is 14.3 Å². The number of carbonyl (C=O) groups is 2. The molecule has 2 aliphatic rings. The first kappa shape index (κ1) is 15.3. The monoisotopic (exact) mass is 283 g/mol. The lowest BCUT2D eigenvalue weighted by atomic mass is 9.91. The van der Waals surface area contributed by atoms with Gasteiger partial charge in [-0.25, -0.2) is 0 Å². The van der Waals surface area contributed by atoms with Crippen molar-refractivity contribution in [1.82, 2.24) is 15.5 Å². The first-order valence-electron chi connectivity index (χ1n) is 7.42. The molecule has 0 aromatic heterocycles. The van der Waals surface area contributed by atoms with E-state index in [-0.39, 0.29) is 17.9 Å². The number of carbonyl (C=O) groups excluding carboxylic acids is 2. The molecule has 0 spiro atoms. The number of methoxy groups -OCH3 is 1. The highest BCUT2D eigenvalue weighted by Crippen LogP contribution is 2.22. The number of hydrogen-bond acceptors (Lipinski definition) is 4. The smallest absolute Gasteiger partial charge is 0.252 e. The van der Waals surface area contributed by atoms with Crippen molar-refractivity contribution < 1.29 is 14.3 Å². The maximum atomic E-state index is 12.4. The van der Waals surface area contributed by atoms with Crippen LogP contribution in [0.3, 0.4) is 0 Å². The molecule has 2 saturated heterocycles. The molecule has 1 unspecified atom stereocenters. The molecule has 2 heterocycles. The third-order valence-corrected chi connectivity index (χ3v) is 4.26. The molecular formula is C14H25N3O3. The average Bonchev–Trinajstić information content (AvgIpc) is 2.84. The van der Waals surface area contributed by atoms with E-state index in [1.54, 1.807) is 7.11 Å². The van der Waals surface area contributed by atoms with E-state index in [9.17, 15) is 9.59 Å². The summed E-state index contributed by atoms with van der Waals surface area (Å²) in [4.78, 5) is 25.9. The van der Waals surface area contributed by atoms with Crippen LogP contribution in [0, 0.1) is 0 Å². The molecule has 20 heavy (non-hydrogen) atoms. The van der Waals surface area contributed by atoms with Gasteiger partial charge in [-0.15, -0.1) is 0 Å². The number of rotatable bonds is 5. The summed E-state index contributed by atoms with van der Waals surface area (Å²) in [6.07, 6.45) is 2.93. The number of ether oxygens (including phenoxy) is 1. The van der Waals surface area contributed by atoms with Crippen molar-refractivity contribution in [3.63, 3.8) is 0 Å². The van der Waals surface area contributed by atoms with Gasteiger partial charge in [0.2, 0.25) is 5.91 Å². The van der Waals surface area contributed by atoms with Crippen LogP contribution in [0.25, 0.3) is 0 Å². The fraction of sp³-hybridized carbons (Fsp3) is 0.857. The third kappa shape index (κ3) is 3.30. The zero-order chi connectivity index (χ0) is 14.6. The molecule has 2 rings (SSSR count). The van der Waals surface area contributed by atoms with Crippen molar-refractivity contribution >= 4 is 11.8 Å². The second-order valence-corrected chi connectivity index (χ2v) is 5.77. The van der Waals surface area contributed by atoms with E-state index in [4.69, 9.17) is 4.74 Å². The highest BCUT2D eigenvalue weighted by Gasteiger charge is 2.40. The third-order valence-electron chi connectivity index (χ3n) is 4.26. The minimum atomic E-state index is -0.714. The normalized spacial score (nSPS) is 23.7. The Bertz CT molecular complexity index is 367. The van der Waals surface area contributed by atoms with Gasteiger partial charge in [-0.05, 0) is 39.3 Å². The molecular weight excluding hydrogens is 258 g/mol. The predicted molar refractivity (Wildman–Crippen MR) is 75.3 cm³/mol. The molecule has 6 heteroatoms. The first-order valence-corrected chi connectivity index (χ1v) is 7.42. The molecule has 114 valence electrons. The van der Waals surface area contributed by atoms with Crippen molar-refractivity contribution in [2.75, 3.05) is 33.3 Å². The molecule has 2 amide bonds. The quantitative estimate of drug-likeness (QED) is 0.738. The van der Waals surface area contributed by atoms with Crippen molar-refractivity contribution in [2.45, 2.75) is 44.2 Å². The van der Waals surface area contributed by atoms with E-state index in [0.717, 1.165) is 26.1 Å². The van der Waals surface area contributed by atoms with Gasteiger partial charge in [-0.1, -0.05) is 0 Å². The highest BCUT2D eigenvalue weighted by atomic mass is 16.5. The molecule has 2 N–H and O–H groups in total. The van der Waals surface area contributed by atoms with Crippen LogP contribution < -0.4 is 10.6 Å². The Balaban J connectivity index is 1.87. The van der Waals surface area contributed by atoms with Gasteiger partial charge < -0.3 is 20.3 Å². The fourth-order valence-corrected chi connectivity index (χ4v) is 2.98. The summed E-state index contributed by atoms with van der Waals surface area (Å²) in [5.74, 6) is 0.134. The van der Waals surface area contributed by atoms with Crippen LogP contribution in [0.4, 0.5) is 0 Å². The maximum absolute atomic E-state index is 12.4. The van der Waals surface area contributed by atoms with Crippen LogP contribution in [-0.4, -0.2) is 61.6 Å². The standard InChI is InChI=1S/C14H25N3O3/c1-11(10-17-9-3-4-12(17)18)16-13(19)14(20-2)5-7-15-8-6-14/h11,15H,3-10H2,1-2H3,(H,16,19). The van der Waals surface area contributed by atoms with Gasteiger partial charge in [0, 0.05) is 32.7 Å². The van der Waals surface area contributed by atoms with E-state index in [2.05, 4.69) is 10.6 Å². The molecule has 0 radical (unpaired) electrons. The van der Waals surface area contributed by atoms with Gasteiger partial charge in [0.05, 0.1) is 0 Å². The van der Waals surface area contributed by atoms with Gasteiger partial charge in [-0.3, -0.25) is 9.59 Å². The zero-order valence-electron chi connectivity index (χ0n) is 12.4. The van der Waals surface area contributed by atoms with Crippen LogP contribution in [0.2, 0.25) is 0 Å². The second-order valence-electron chi connectivity index (χ2n) is 5.77. The molecule has 2 aliphatic heterocycles. The van der Waals surface area contributed by atoms with Gasteiger partial charge in [0.25, 0.3) is 5.91 Å². The Morgan fingerprint density at radius 1 is 1.50 bits per heavy atom. The van der Waals surface area contributed by atoms with Gasteiger partial charge >= 0.3 is 0 Å². The summed E-state index contributed by atoms with van der Waals surface area (Å²) >= 11 is 0. The topological polar surface area (TPSA) is 70.7 Å². The number of amides is 2. The lowest BCUT2D eigenvalue weighted by molar-refractivity contribution is -0.147. The molecule has 0 aromatic carbocycles. The largest absolute Gasteiger partial charge is 0.368 e. The first-order chi connectivity index (χ1) is 9.57. The summed E-state index contributed by atoms with van der Waals surface area (Å²) in [7, 11) is 1.60. The van der Waals surface area contributed by atoms with E-state index in [1.165, 1.54) is 0 Å². The zero-order valence-corrected chi connectivity index (χ0v) is 12.4. The molecule has 2 fully saturated rings. The van der Waals surface area contributed by atoms with E-state index >= 15 is 0 Å². The Hall–Kier alpha value is -1.14. The minimum absolute atomic E-state index is 0.0496. The summed E-state index contributed by atoms with van der Waals surface area (Å²) < 4.78 is 5.50. The van der Waals surface area contributed by atoms with Gasteiger partial charge in [-0.2, -0.15) is 0 Å². The van der Waals surface area contributed by atoms with Crippen LogP contribution in [0.1, 0.15) is 32.6 Å². The van der Waals surface area contributed by atoms with Crippen LogP contribution >= 0.6 is 0 Å². The Kier molecular flexibility index (Phi) is 4.99. The van der Waals surface area contributed by atoms with Crippen molar-refractivity contribution in [1.29, 1.82) is 0 Å². The summed E-state index contributed by atoms with van der Waals surface area (Å²) in [6, 6.07) is -0.0496. The SMILES string of the molecule is COC1(C(=O)NC(C)CN2CCCC2=O)CCNCC1.